The van der Waals surface area contributed by atoms with Crippen LogP contribution >= 0.6 is 23.1 Å². The summed E-state index contributed by atoms with van der Waals surface area (Å²) in [5, 5.41) is 8.36. The van der Waals surface area contributed by atoms with Crippen LogP contribution in [0.1, 0.15) is 48.2 Å². The van der Waals surface area contributed by atoms with Crippen LogP contribution in [0.25, 0.3) is 0 Å². The van der Waals surface area contributed by atoms with Crippen molar-refractivity contribution in [1.29, 1.82) is 0 Å². The number of hydrogen-bond donors (Lipinski definition) is 2. The van der Waals surface area contributed by atoms with Crippen LogP contribution in [0.3, 0.4) is 0 Å². The van der Waals surface area contributed by atoms with Crippen molar-refractivity contribution in [3.63, 3.8) is 0 Å². The Hall–Kier alpha value is -1.86. The zero-order valence-corrected chi connectivity index (χ0v) is 17.1. The molecule has 1 aliphatic carbocycles. The monoisotopic (exact) mass is 403 g/mol. The Bertz CT molecular complexity index is 785. The van der Waals surface area contributed by atoms with E-state index in [-0.39, 0.29) is 11.8 Å². The highest BCUT2D eigenvalue weighted by molar-refractivity contribution is 8.00. The van der Waals surface area contributed by atoms with Crippen LogP contribution in [0.15, 0.2) is 34.5 Å². The Labute approximate surface area is 168 Å². The molecule has 0 saturated heterocycles. The molecule has 0 aliphatic heterocycles. The van der Waals surface area contributed by atoms with Crippen LogP contribution in [0, 0.1) is 12.8 Å². The van der Waals surface area contributed by atoms with E-state index in [1.54, 1.807) is 6.07 Å². The highest BCUT2D eigenvalue weighted by Gasteiger charge is 2.16. The average molecular weight is 404 g/mol. The molecule has 2 amide bonds. The largest absolute Gasteiger partial charge is 0.355 e. The lowest BCUT2D eigenvalue weighted by Gasteiger charge is -2.21. The van der Waals surface area contributed by atoms with Crippen LogP contribution < -0.4 is 10.6 Å². The van der Waals surface area contributed by atoms with Gasteiger partial charge in [-0.3, -0.25) is 14.9 Å². The lowest BCUT2D eigenvalue weighted by atomic mass is 9.89. The predicted molar refractivity (Wildman–Crippen MR) is 112 cm³/mol. The highest BCUT2D eigenvalue weighted by atomic mass is 32.2. The Morgan fingerprint density at radius 3 is 2.74 bits per heavy atom. The molecule has 0 atom stereocenters. The molecule has 1 aromatic carbocycles. The maximum atomic E-state index is 12.6. The molecule has 1 heterocycles. The van der Waals surface area contributed by atoms with E-state index >= 15 is 0 Å². The normalized spacial score (nSPS) is 14.7. The summed E-state index contributed by atoms with van der Waals surface area (Å²) in [6.07, 6.45) is 6.30. The zero-order valence-electron chi connectivity index (χ0n) is 15.5. The second-order valence-corrected chi connectivity index (χ2v) is 8.72. The molecule has 1 saturated carbocycles. The van der Waals surface area contributed by atoms with Crippen LogP contribution in [0.2, 0.25) is 0 Å². The molecule has 0 radical (unpaired) electrons. The quantitative estimate of drug-likeness (QED) is 0.668. The number of thioether (sulfide) groups is 1. The molecule has 3 rings (SSSR count). The predicted octanol–water partition coefficient (Wildman–Crippen LogP) is 4.49. The molecule has 1 aliphatic rings. The Morgan fingerprint density at radius 1 is 1.22 bits per heavy atom. The van der Waals surface area contributed by atoms with Crippen molar-refractivity contribution in [3.05, 3.63) is 40.9 Å². The minimum Gasteiger partial charge on any atom is -0.355 e. The molecule has 5 nitrogen and oxygen atoms in total. The van der Waals surface area contributed by atoms with Crippen LogP contribution in [-0.2, 0) is 4.79 Å². The molecule has 144 valence electrons. The van der Waals surface area contributed by atoms with Crippen molar-refractivity contribution in [1.82, 2.24) is 10.3 Å². The van der Waals surface area contributed by atoms with E-state index in [4.69, 9.17) is 0 Å². The van der Waals surface area contributed by atoms with Gasteiger partial charge in [0.15, 0.2) is 5.13 Å². The van der Waals surface area contributed by atoms with E-state index in [2.05, 4.69) is 15.6 Å². The molecule has 7 heteroatoms. The third-order valence-electron chi connectivity index (χ3n) is 4.64. The molecule has 27 heavy (non-hydrogen) atoms. The molecule has 1 aromatic heterocycles. The third-order valence-corrected chi connectivity index (χ3v) is 6.59. The average Bonchev–Trinajstić information content (AvgIpc) is 3.10. The van der Waals surface area contributed by atoms with Gasteiger partial charge in [-0.2, -0.15) is 0 Å². The minimum atomic E-state index is -0.199. The number of hydrogen-bond acceptors (Lipinski definition) is 5. The summed E-state index contributed by atoms with van der Waals surface area (Å²) < 4.78 is 0. The van der Waals surface area contributed by atoms with Gasteiger partial charge < -0.3 is 5.32 Å². The van der Waals surface area contributed by atoms with Gasteiger partial charge in [-0.15, -0.1) is 23.1 Å². The summed E-state index contributed by atoms with van der Waals surface area (Å²) in [6.45, 7) is 2.66. The van der Waals surface area contributed by atoms with Crippen molar-refractivity contribution in [2.24, 2.45) is 5.92 Å². The molecule has 0 unspecified atom stereocenters. The number of aryl methyl sites for hydroxylation is 1. The lowest BCUT2D eigenvalue weighted by Crippen LogP contribution is -2.31. The van der Waals surface area contributed by atoms with Gasteiger partial charge in [0.25, 0.3) is 5.91 Å². The summed E-state index contributed by atoms with van der Waals surface area (Å²) in [5.74, 6) is 0.756. The van der Waals surface area contributed by atoms with E-state index in [9.17, 15) is 9.59 Å². The molecule has 0 bridgehead atoms. The van der Waals surface area contributed by atoms with Gasteiger partial charge in [0.2, 0.25) is 5.91 Å². The number of benzene rings is 1. The Balaban J connectivity index is 1.52. The topological polar surface area (TPSA) is 71.1 Å². The van der Waals surface area contributed by atoms with Gasteiger partial charge in [0.05, 0.1) is 17.0 Å². The zero-order chi connectivity index (χ0) is 19.1. The first-order chi connectivity index (χ1) is 13.1. The van der Waals surface area contributed by atoms with Crippen LogP contribution in [-0.4, -0.2) is 29.1 Å². The number of amides is 2. The number of carbonyl (C=O) groups excluding carboxylic acids is 2. The van der Waals surface area contributed by atoms with Gasteiger partial charge >= 0.3 is 0 Å². The van der Waals surface area contributed by atoms with Crippen molar-refractivity contribution < 1.29 is 9.59 Å². The van der Waals surface area contributed by atoms with Gasteiger partial charge in [0.1, 0.15) is 0 Å². The van der Waals surface area contributed by atoms with Crippen molar-refractivity contribution in [3.8, 4) is 0 Å². The van der Waals surface area contributed by atoms with E-state index < -0.39 is 0 Å². The number of aromatic nitrogens is 1. The first-order valence-electron chi connectivity index (χ1n) is 9.34. The first kappa shape index (κ1) is 19.9. The molecule has 0 spiro atoms. The molecule has 2 N–H and O–H groups in total. The molecular formula is C20H25N3O2S2. The van der Waals surface area contributed by atoms with Crippen LogP contribution in [0.5, 0.6) is 0 Å². The second kappa shape index (κ2) is 9.90. The minimum absolute atomic E-state index is 0.0244. The number of carbonyl (C=O) groups is 2. The molecule has 2 aromatic rings. The lowest BCUT2D eigenvalue weighted by molar-refractivity contribution is -0.118. The van der Waals surface area contributed by atoms with E-state index in [1.165, 1.54) is 55.2 Å². The SMILES string of the molecule is Cc1csc(NC(=O)c2ccccc2SCC(=O)NCC2CCCCC2)n1. The van der Waals surface area contributed by atoms with Gasteiger partial charge in [0, 0.05) is 16.8 Å². The maximum absolute atomic E-state index is 12.6. The third kappa shape index (κ3) is 6.07. The van der Waals surface area contributed by atoms with Gasteiger partial charge in [-0.25, -0.2) is 4.98 Å². The van der Waals surface area contributed by atoms with Gasteiger partial charge in [-0.1, -0.05) is 31.4 Å². The number of rotatable bonds is 7. The smallest absolute Gasteiger partial charge is 0.258 e. The maximum Gasteiger partial charge on any atom is 0.258 e. The van der Waals surface area contributed by atoms with E-state index in [1.807, 2.05) is 30.5 Å². The Morgan fingerprint density at radius 2 is 2.00 bits per heavy atom. The number of nitrogens with zero attached hydrogens (tertiary/aromatic N) is 1. The fourth-order valence-corrected chi connectivity index (χ4v) is 4.76. The Kier molecular flexibility index (Phi) is 7.29. The van der Waals surface area contributed by atoms with Crippen molar-refractivity contribution >= 4 is 40.0 Å². The van der Waals surface area contributed by atoms with Crippen molar-refractivity contribution in [2.75, 3.05) is 17.6 Å². The van der Waals surface area contributed by atoms with Crippen LogP contribution in [0.4, 0.5) is 5.13 Å². The van der Waals surface area contributed by atoms with Crippen molar-refractivity contribution in [2.45, 2.75) is 43.9 Å². The summed E-state index contributed by atoms with van der Waals surface area (Å²) in [7, 11) is 0. The highest BCUT2D eigenvalue weighted by Crippen LogP contribution is 2.25. The van der Waals surface area contributed by atoms with E-state index in [0.29, 0.717) is 22.4 Å². The number of thiazole rings is 1. The number of nitrogens with one attached hydrogen (secondary N) is 2. The number of anilines is 1. The summed E-state index contributed by atoms with van der Waals surface area (Å²) in [4.78, 5) is 29.8. The van der Waals surface area contributed by atoms with E-state index in [0.717, 1.165) is 17.1 Å². The summed E-state index contributed by atoms with van der Waals surface area (Å²) in [5.41, 5.74) is 1.45. The second-order valence-electron chi connectivity index (χ2n) is 6.84. The van der Waals surface area contributed by atoms with Gasteiger partial charge in [-0.05, 0) is 37.8 Å². The first-order valence-corrected chi connectivity index (χ1v) is 11.2. The fraction of sp³-hybridized carbons (Fsp3) is 0.450. The molecular weight excluding hydrogens is 378 g/mol. The molecule has 1 fully saturated rings. The summed E-state index contributed by atoms with van der Waals surface area (Å²) >= 11 is 2.80. The standard InChI is InChI=1S/C20H25N3O2S2/c1-14-12-27-20(22-14)23-19(25)16-9-5-6-10-17(16)26-13-18(24)21-11-15-7-3-2-4-8-15/h5-6,9-10,12,15H,2-4,7-8,11,13H2,1H3,(H,21,24)(H,22,23,25). The fourth-order valence-electron chi connectivity index (χ4n) is 3.20. The summed E-state index contributed by atoms with van der Waals surface area (Å²) in [6, 6.07) is 7.36.